The molecule has 0 aromatic heterocycles. The predicted molar refractivity (Wildman–Crippen MR) is 63.9 cm³/mol. The molecule has 0 radical (unpaired) electrons. The Kier molecular flexibility index (Phi) is 3.57. The molecule has 0 spiro atoms. The monoisotopic (exact) mass is 234 g/mol. The zero-order chi connectivity index (χ0) is 12.3. The Morgan fingerprint density at radius 2 is 2.24 bits per heavy atom. The van der Waals surface area contributed by atoms with Gasteiger partial charge in [0.25, 0.3) is 0 Å². The van der Waals surface area contributed by atoms with E-state index in [0.29, 0.717) is 13.0 Å². The third-order valence-corrected chi connectivity index (χ3v) is 2.86. The van der Waals surface area contributed by atoms with Crippen molar-refractivity contribution in [3.63, 3.8) is 0 Å². The highest BCUT2D eigenvalue weighted by atomic mass is 19.1. The number of halogens is 1. The third-order valence-electron chi connectivity index (χ3n) is 2.86. The van der Waals surface area contributed by atoms with Gasteiger partial charge < -0.3 is 4.74 Å². The molecular formula is C14H15FO2. The molecule has 2 nitrogen and oxygen atoms in total. The average molecular weight is 234 g/mol. The Hall–Kier alpha value is -1.64. The van der Waals surface area contributed by atoms with Gasteiger partial charge in [-0.1, -0.05) is 17.7 Å². The predicted octanol–water partition coefficient (Wildman–Crippen LogP) is 3.11. The third kappa shape index (κ3) is 2.93. The molecule has 1 aromatic rings. The van der Waals surface area contributed by atoms with E-state index in [-0.39, 0.29) is 11.8 Å². The number of hydrogen-bond acceptors (Lipinski definition) is 2. The van der Waals surface area contributed by atoms with E-state index in [9.17, 15) is 9.18 Å². The molecule has 0 bridgehead atoms. The minimum absolute atomic E-state index is 0.210. The van der Waals surface area contributed by atoms with Crippen LogP contribution in [0.25, 0.3) is 6.08 Å². The largest absolute Gasteiger partial charge is 0.466 e. The molecule has 0 saturated carbocycles. The minimum Gasteiger partial charge on any atom is -0.466 e. The molecule has 0 aliphatic heterocycles. The van der Waals surface area contributed by atoms with Gasteiger partial charge in [-0.05, 0) is 43.0 Å². The number of ether oxygens (including phenoxy) is 1. The molecule has 1 aliphatic rings. The van der Waals surface area contributed by atoms with Crippen LogP contribution >= 0.6 is 0 Å². The number of benzene rings is 1. The van der Waals surface area contributed by atoms with Crippen LogP contribution < -0.4 is 0 Å². The lowest BCUT2D eigenvalue weighted by Gasteiger charge is -2.15. The second kappa shape index (κ2) is 5.13. The van der Waals surface area contributed by atoms with E-state index in [1.807, 2.05) is 12.1 Å². The molecular weight excluding hydrogens is 219 g/mol. The summed E-state index contributed by atoms with van der Waals surface area (Å²) in [6.07, 6.45) is 3.92. The second-order valence-corrected chi connectivity index (χ2v) is 4.13. The van der Waals surface area contributed by atoms with Gasteiger partial charge in [-0.15, -0.1) is 0 Å². The van der Waals surface area contributed by atoms with Crippen LogP contribution in [-0.4, -0.2) is 12.6 Å². The lowest BCUT2D eigenvalue weighted by Crippen LogP contribution is -2.08. The quantitative estimate of drug-likeness (QED) is 0.751. The van der Waals surface area contributed by atoms with Crippen molar-refractivity contribution >= 4 is 12.0 Å². The van der Waals surface area contributed by atoms with Gasteiger partial charge in [0.05, 0.1) is 13.0 Å². The molecule has 3 heteroatoms. The fourth-order valence-corrected chi connectivity index (χ4v) is 2.05. The van der Waals surface area contributed by atoms with Crippen molar-refractivity contribution in [2.45, 2.75) is 26.2 Å². The van der Waals surface area contributed by atoms with Gasteiger partial charge in [0.2, 0.25) is 0 Å². The number of aryl methyl sites for hydroxylation is 1. The average Bonchev–Trinajstić information content (AvgIpc) is 2.28. The van der Waals surface area contributed by atoms with Crippen molar-refractivity contribution in [2.24, 2.45) is 0 Å². The molecule has 0 saturated heterocycles. The summed E-state index contributed by atoms with van der Waals surface area (Å²) in [5.41, 5.74) is 3.04. The number of carbonyl (C=O) groups is 1. The van der Waals surface area contributed by atoms with Gasteiger partial charge in [-0.2, -0.15) is 0 Å². The van der Waals surface area contributed by atoms with Crippen molar-refractivity contribution in [1.29, 1.82) is 0 Å². The molecule has 2 rings (SSSR count). The first-order valence-corrected chi connectivity index (χ1v) is 5.82. The van der Waals surface area contributed by atoms with Crippen molar-refractivity contribution in [2.75, 3.05) is 6.61 Å². The molecule has 0 heterocycles. The van der Waals surface area contributed by atoms with Crippen molar-refractivity contribution in [3.8, 4) is 0 Å². The highest BCUT2D eigenvalue weighted by Crippen LogP contribution is 2.26. The second-order valence-electron chi connectivity index (χ2n) is 4.13. The lowest BCUT2D eigenvalue weighted by molar-refractivity contribution is -0.142. The molecule has 17 heavy (non-hydrogen) atoms. The van der Waals surface area contributed by atoms with E-state index in [2.05, 4.69) is 0 Å². The van der Waals surface area contributed by atoms with Crippen LogP contribution in [0.1, 0.15) is 30.9 Å². The van der Waals surface area contributed by atoms with E-state index < -0.39 is 0 Å². The van der Waals surface area contributed by atoms with Crippen LogP contribution in [0.2, 0.25) is 0 Å². The van der Waals surface area contributed by atoms with Crippen LogP contribution in [0.15, 0.2) is 23.8 Å². The van der Waals surface area contributed by atoms with Crippen LogP contribution in [0.3, 0.4) is 0 Å². The summed E-state index contributed by atoms with van der Waals surface area (Å²) >= 11 is 0. The number of fused-ring (bicyclic) bond motifs is 1. The van der Waals surface area contributed by atoms with Crippen molar-refractivity contribution < 1.29 is 13.9 Å². The Bertz CT molecular complexity index is 463. The first kappa shape index (κ1) is 11.8. The van der Waals surface area contributed by atoms with E-state index >= 15 is 0 Å². The fourth-order valence-electron chi connectivity index (χ4n) is 2.05. The van der Waals surface area contributed by atoms with Crippen LogP contribution in [0.4, 0.5) is 4.39 Å². The molecule has 0 amide bonds. The first-order chi connectivity index (χ1) is 8.19. The van der Waals surface area contributed by atoms with Crippen LogP contribution in [0, 0.1) is 5.82 Å². The Morgan fingerprint density at radius 3 is 3.00 bits per heavy atom. The number of rotatable bonds is 3. The summed E-state index contributed by atoms with van der Waals surface area (Å²) < 4.78 is 18.0. The van der Waals surface area contributed by atoms with Crippen molar-refractivity contribution in [1.82, 2.24) is 0 Å². The normalized spacial score (nSPS) is 13.9. The Labute approximate surface area is 100 Å². The molecule has 0 atom stereocenters. The topological polar surface area (TPSA) is 26.3 Å². The van der Waals surface area contributed by atoms with Gasteiger partial charge in [-0.25, -0.2) is 4.39 Å². The van der Waals surface area contributed by atoms with Gasteiger partial charge >= 0.3 is 5.97 Å². The Balaban J connectivity index is 2.14. The standard InChI is InChI=1S/C14H15FO2/c1-2-17-14(16)8-10-3-4-11-5-6-13(15)9-12(11)7-10/h5-7,9H,2-4,8H2,1H3. The first-order valence-electron chi connectivity index (χ1n) is 5.82. The van der Waals surface area contributed by atoms with Gasteiger partial charge in [0.15, 0.2) is 0 Å². The number of carbonyl (C=O) groups excluding carboxylic acids is 1. The van der Waals surface area contributed by atoms with E-state index in [4.69, 9.17) is 4.74 Å². The molecule has 90 valence electrons. The molecule has 0 unspecified atom stereocenters. The van der Waals surface area contributed by atoms with E-state index in [1.165, 1.54) is 12.1 Å². The summed E-state index contributed by atoms with van der Waals surface area (Å²) in [4.78, 5) is 11.4. The molecule has 0 N–H and O–H groups in total. The summed E-state index contributed by atoms with van der Waals surface area (Å²) in [5.74, 6) is -0.448. The van der Waals surface area contributed by atoms with Crippen molar-refractivity contribution in [3.05, 3.63) is 40.7 Å². The van der Waals surface area contributed by atoms with E-state index in [1.54, 1.807) is 6.92 Å². The van der Waals surface area contributed by atoms with Crippen LogP contribution in [0.5, 0.6) is 0 Å². The number of hydrogen-bond donors (Lipinski definition) is 0. The fraction of sp³-hybridized carbons (Fsp3) is 0.357. The summed E-state index contributed by atoms with van der Waals surface area (Å²) in [6, 6.07) is 4.80. The summed E-state index contributed by atoms with van der Waals surface area (Å²) in [7, 11) is 0. The Morgan fingerprint density at radius 1 is 1.41 bits per heavy atom. The minimum atomic E-state index is -0.239. The van der Waals surface area contributed by atoms with Gasteiger partial charge in [0.1, 0.15) is 5.82 Å². The molecule has 1 aliphatic carbocycles. The SMILES string of the molecule is CCOC(=O)CC1=Cc2cc(F)ccc2CC1. The van der Waals surface area contributed by atoms with Gasteiger partial charge in [0, 0.05) is 0 Å². The van der Waals surface area contributed by atoms with Gasteiger partial charge in [-0.3, -0.25) is 4.79 Å². The maximum absolute atomic E-state index is 13.1. The highest BCUT2D eigenvalue weighted by molar-refractivity contribution is 5.75. The zero-order valence-electron chi connectivity index (χ0n) is 9.83. The maximum Gasteiger partial charge on any atom is 0.309 e. The number of esters is 1. The maximum atomic E-state index is 13.1. The zero-order valence-corrected chi connectivity index (χ0v) is 9.83. The lowest BCUT2D eigenvalue weighted by atomic mass is 9.91. The smallest absolute Gasteiger partial charge is 0.309 e. The molecule has 0 fully saturated rings. The summed E-state index contributed by atoms with van der Waals surface area (Å²) in [6.45, 7) is 2.19. The van der Waals surface area contributed by atoms with E-state index in [0.717, 1.165) is 29.5 Å². The summed E-state index contributed by atoms with van der Waals surface area (Å²) in [5, 5.41) is 0. The molecule has 1 aromatic carbocycles. The highest BCUT2D eigenvalue weighted by Gasteiger charge is 2.14. The van der Waals surface area contributed by atoms with Crippen LogP contribution in [-0.2, 0) is 16.0 Å².